The average Bonchev–Trinajstić information content (AvgIpc) is 2.28. The molecule has 0 aliphatic rings. The van der Waals surface area contributed by atoms with Gasteiger partial charge < -0.3 is 16.0 Å². The van der Waals surface area contributed by atoms with E-state index in [9.17, 15) is 4.79 Å². The van der Waals surface area contributed by atoms with Crippen molar-refractivity contribution in [1.82, 2.24) is 15.1 Å². The van der Waals surface area contributed by atoms with Gasteiger partial charge in [-0.15, -0.1) is 10.2 Å². The minimum Gasteiger partial charge on any atom is -0.364 e. The van der Waals surface area contributed by atoms with Crippen molar-refractivity contribution in [2.45, 2.75) is 25.8 Å². The highest BCUT2D eigenvalue weighted by Crippen LogP contribution is 2.15. The molecule has 0 saturated carbocycles. The highest BCUT2D eigenvalue weighted by atomic mass is 16.2. The van der Waals surface area contributed by atoms with Crippen LogP contribution in [-0.2, 0) is 0 Å². The lowest BCUT2D eigenvalue weighted by Crippen LogP contribution is -2.34. The van der Waals surface area contributed by atoms with Crippen molar-refractivity contribution in [3.05, 3.63) is 17.8 Å². The average molecular weight is 251 g/mol. The van der Waals surface area contributed by atoms with E-state index in [1.807, 2.05) is 13.8 Å². The zero-order valence-corrected chi connectivity index (χ0v) is 11.4. The van der Waals surface area contributed by atoms with Crippen LogP contribution >= 0.6 is 0 Å². The van der Waals surface area contributed by atoms with E-state index in [0.29, 0.717) is 18.1 Å². The molecule has 1 rings (SSSR count). The third-order valence-corrected chi connectivity index (χ3v) is 2.53. The Kier molecular flexibility index (Phi) is 4.61. The number of carbonyl (C=O) groups is 1. The predicted molar refractivity (Wildman–Crippen MR) is 71.4 cm³/mol. The summed E-state index contributed by atoms with van der Waals surface area (Å²) in [4.78, 5) is 13.1. The Morgan fingerprint density at radius 2 is 2.06 bits per heavy atom. The lowest BCUT2D eigenvalue weighted by Gasteiger charge is -2.25. The van der Waals surface area contributed by atoms with Gasteiger partial charge in [0, 0.05) is 19.6 Å². The van der Waals surface area contributed by atoms with Gasteiger partial charge in [0.25, 0.3) is 5.91 Å². The van der Waals surface area contributed by atoms with Gasteiger partial charge in [0.05, 0.1) is 0 Å². The largest absolute Gasteiger partial charge is 0.364 e. The number of rotatable bonds is 5. The summed E-state index contributed by atoms with van der Waals surface area (Å²) in [6.07, 6.45) is 0.826. The molecule has 1 aromatic heterocycles. The molecule has 0 fully saturated rings. The minimum atomic E-state index is -0.157. The van der Waals surface area contributed by atoms with Crippen LogP contribution in [-0.4, -0.2) is 47.2 Å². The molecule has 0 spiro atoms. The summed E-state index contributed by atoms with van der Waals surface area (Å²) in [6.45, 7) is 4.69. The summed E-state index contributed by atoms with van der Waals surface area (Å²) in [5.74, 6) is 0.485. The first-order valence-corrected chi connectivity index (χ1v) is 5.89. The molecule has 1 heterocycles. The smallest absolute Gasteiger partial charge is 0.273 e. The van der Waals surface area contributed by atoms with Gasteiger partial charge in [-0.1, -0.05) is 0 Å². The zero-order chi connectivity index (χ0) is 13.8. The van der Waals surface area contributed by atoms with E-state index in [0.717, 1.165) is 6.42 Å². The molecular formula is C12H21N5O. The molecule has 100 valence electrons. The van der Waals surface area contributed by atoms with Crippen molar-refractivity contribution in [1.29, 1.82) is 0 Å². The number of anilines is 1. The molecule has 0 atom stereocenters. The number of nitrogens with two attached hydrogens (primary N) is 1. The second-order valence-electron chi connectivity index (χ2n) is 5.05. The van der Waals surface area contributed by atoms with Crippen LogP contribution in [0.15, 0.2) is 12.1 Å². The van der Waals surface area contributed by atoms with Crippen LogP contribution in [0.3, 0.4) is 0 Å². The lowest BCUT2D eigenvalue weighted by molar-refractivity contribution is 0.0821. The van der Waals surface area contributed by atoms with Gasteiger partial charge in [0.15, 0.2) is 5.69 Å². The number of nitrogens with zero attached hydrogens (tertiary/aromatic N) is 3. The Balaban J connectivity index is 2.75. The van der Waals surface area contributed by atoms with E-state index in [1.54, 1.807) is 26.2 Å². The first-order valence-electron chi connectivity index (χ1n) is 5.89. The molecule has 6 nitrogen and oxygen atoms in total. The lowest BCUT2D eigenvalue weighted by atomic mass is 10.0. The van der Waals surface area contributed by atoms with Crippen LogP contribution in [0.5, 0.6) is 0 Å². The SMILES string of the molecule is CN(C)C(=O)c1ccc(NC(C)(C)CCN)nn1. The molecular weight excluding hydrogens is 230 g/mol. The van der Waals surface area contributed by atoms with E-state index in [4.69, 9.17) is 5.73 Å². The van der Waals surface area contributed by atoms with E-state index in [1.165, 1.54) is 4.90 Å². The molecule has 0 aliphatic carbocycles. The predicted octanol–water partition coefficient (Wildman–Crippen LogP) is 0.718. The van der Waals surface area contributed by atoms with E-state index >= 15 is 0 Å². The van der Waals surface area contributed by atoms with E-state index < -0.39 is 0 Å². The topological polar surface area (TPSA) is 84.1 Å². The fourth-order valence-electron chi connectivity index (χ4n) is 1.51. The van der Waals surface area contributed by atoms with Gasteiger partial charge >= 0.3 is 0 Å². The molecule has 6 heteroatoms. The van der Waals surface area contributed by atoms with Crippen LogP contribution in [0.25, 0.3) is 0 Å². The van der Waals surface area contributed by atoms with Gasteiger partial charge in [-0.25, -0.2) is 0 Å². The molecule has 0 saturated heterocycles. The van der Waals surface area contributed by atoms with Crippen molar-refractivity contribution in [2.75, 3.05) is 26.0 Å². The Hall–Kier alpha value is -1.69. The van der Waals surface area contributed by atoms with Gasteiger partial charge in [-0.2, -0.15) is 0 Å². The molecule has 0 aromatic carbocycles. The zero-order valence-electron chi connectivity index (χ0n) is 11.4. The monoisotopic (exact) mass is 251 g/mol. The van der Waals surface area contributed by atoms with Crippen molar-refractivity contribution in [2.24, 2.45) is 5.73 Å². The fraction of sp³-hybridized carbons (Fsp3) is 0.583. The van der Waals surface area contributed by atoms with Crippen LogP contribution in [0.1, 0.15) is 30.8 Å². The minimum absolute atomic E-state index is 0.142. The number of carbonyl (C=O) groups excluding carboxylic acids is 1. The Labute approximate surface area is 108 Å². The summed E-state index contributed by atoms with van der Waals surface area (Å²) in [7, 11) is 3.36. The molecule has 18 heavy (non-hydrogen) atoms. The number of nitrogens with one attached hydrogen (secondary N) is 1. The van der Waals surface area contributed by atoms with Gasteiger partial charge in [-0.05, 0) is 38.9 Å². The molecule has 0 radical (unpaired) electrons. The number of aromatic nitrogens is 2. The van der Waals surface area contributed by atoms with E-state index in [2.05, 4.69) is 15.5 Å². The standard InChI is InChI=1S/C12H21N5O/c1-12(2,7-8-13)14-10-6-5-9(15-16-10)11(18)17(3)4/h5-6H,7-8,13H2,1-4H3,(H,14,16). The van der Waals surface area contributed by atoms with Crippen LogP contribution < -0.4 is 11.1 Å². The number of amides is 1. The van der Waals surface area contributed by atoms with Crippen molar-refractivity contribution in [3.8, 4) is 0 Å². The van der Waals surface area contributed by atoms with Crippen LogP contribution in [0.4, 0.5) is 5.82 Å². The second-order valence-corrected chi connectivity index (χ2v) is 5.05. The van der Waals surface area contributed by atoms with Crippen LogP contribution in [0, 0.1) is 0 Å². The van der Waals surface area contributed by atoms with Crippen molar-refractivity contribution < 1.29 is 4.79 Å². The van der Waals surface area contributed by atoms with Gasteiger partial charge in [-0.3, -0.25) is 4.79 Å². The fourth-order valence-corrected chi connectivity index (χ4v) is 1.51. The quantitative estimate of drug-likeness (QED) is 0.805. The Morgan fingerprint density at radius 1 is 1.39 bits per heavy atom. The summed E-state index contributed by atoms with van der Waals surface area (Å²) in [5.41, 5.74) is 5.73. The number of hydrogen-bond donors (Lipinski definition) is 2. The summed E-state index contributed by atoms with van der Waals surface area (Å²) in [5, 5.41) is 11.1. The highest BCUT2D eigenvalue weighted by Gasteiger charge is 2.17. The summed E-state index contributed by atoms with van der Waals surface area (Å²) >= 11 is 0. The third kappa shape index (κ3) is 3.96. The van der Waals surface area contributed by atoms with Gasteiger partial charge in [0.1, 0.15) is 5.82 Å². The van der Waals surface area contributed by atoms with Crippen molar-refractivity contribution >= 4 is 11.7 Å². The Morgan fingerprint density at radius 3 is 2.50 bits per heavy atom. The molecule has 0 aliphatic heterocycles. The first-order chi connectivity index (χ1) is 8.35. The van der Waals surface area contributed by atoms with E-state index in [-0.39, 0.29) is 11.4 Å². The molecule has 1 amide bonds. The van der Waals surface area contributed by atoms with Crippen LogP contribution in [0.2, 0.25) is 0 Å². The summed E-state index contributed by atoms with van der Waals surface area (Å²) < 4.78 is 0. The molecule has 3 N–H and O–H groups in total. The number of hydrogen-bond acceptors (Lipinski definition) is 5. The van der Waals surface area contributed by atoms with Gasteiger partial charge in [0.2, 0.25) is 0 Å². The maximum absolute atomic E-state index is 11.6. The van der Waals surface area contributed by atoms with Crippen molar-refractivity contribution in [3.63, 3.8) is 0 Å². The molecule has 1 aromatic rings. The second kappa shape index (κ2) is 5.77. The summed E-state index contributed by atoms with van der Waals surface area (Å²) in [6, 6.07) is 3.41. The maximum Gasteiger partial charge on any atom is 0.273 e. The normalized spacial score (nSPS) is 11.2. The molecule has 0 bridgehead atoms. The third-order valence-electron chi connectivity index (χ3n) is 2.53. The maximum atomic E-state index is 11.6. The Bertz CT molecular complexity index is 399. The first kappa shape index (κ1) is 14.4. The highest BCUT2D eigenvalue weighted by molar-refractivity contribution is 5.91. The molecule has 0 unspecified atom stereocenters.